The molecular weight excluding hydrogens is 386 g/mol. The van der Waals surface area contributed by atoms with Crippen LogP contribution in [0.3, 0.4) is 0 Å². The molecule has 4 aromatic rings. The molecule has 0 saturated carbocycles. The zero-order chi connectivity index (χ0) is 19.5. The zero-order valence-corrected chi connectivity index (χ0v) is 16.4. The van der Waals surface area contributed by atoms with Crippen molar-refractivity contribution in [2.24, 2.45) is 0 Å². The first-order valence-corrected chi connectivity index (χ1v) is 10.2. The molecule has 7 nitrogen and oxygen atoms in total. The van der Waals surface area contributed by atoms with Crippen LogP contribution in [0, 0.1) is 0 Å². The molecule has 3 heterocycles. The highest BCUT2D eigenvalue weighted by atomic mass is 32.2. The highest BCUT2D eigenvalue weighted by Gasteiger charge is 2.14. The monoisotopic (exact) mass is 405 g/mol. The van der Waals surface area contributed by atoms with Crippen molar-refractivity contribution in [2.45, 2.75) is 24.3 Å². The summed E-state index contributed by atoms with van der Waals surface area (Å²) >= 11 is 1.45. The van der Waals surface area contributed by atoms with Crippen molar-refractivity contribution in [3.63, 3.8) is 0 Å². The largest absolute Gasteiger partial charge is 0.454 e. The summed E-state index contributed by atoms with van der Waals surface area (Å²) in [7, 11) is 0. The summed E-state index contributed by atoms with van der Waals surface area (Å²) in [5.74, 6) is 2.22. The molecule has 0 spiro atoms. The third-order valence-electron chi connectivity index (χ3n) is 4.72. The van der Waals surface area contributed by atoms with Crippen molar-refractivity contribution in [1.29, 1.82) is 0 Å². The van der Waals surface area contributed by atoms with E-state index in [2.05, 4.69) is 48.5 Å². The van der Waals surface area contributed by atoms with E-state index in [4.69, 9.17) is 9.47 Å². The number of nitrogens with one attached hydrogen (secondary N) is 1. The van der Waals surface area contributed by atoms with Gasteiger partial charge in [-0.1, -0.05) is 30.3 Å². The number of imidazole rings is 1. The number of benzene rings is 2. The molecule has 29 heavy (non-hydrogen) atoms. The van der Waals surface area contributed by atoms with Crippen LogP contribution in [0.4, 0.5) is 5.82 Å². The third-order valence-corrected chi connectivity index (χ3v) is 5.50. The Morgan fingerprint density at radius 3 is 2.83 bits per heavy atom. The van der Waals surface area contributed by atoms with Crippen LogP contribution < -0.4 is 14.2 Å². The van der Waals surface area contributed by atoms with Gasteiger partial charge in [0.25, 0.3) is 0 Å². The van der Waals surface area contributed by atoms with Crippen LogP contribution >= 0.6 is 11.9 Å². The second-order valence-corrected chi connectivity index (χ2v) is 7.52. The molecule has 8 heteroatoms. The minimum Gasteiger partial charge on any atom is -0.454 e. The number of fused-ring (bicyclic) bond motifs is 2. The van der Waals surface area contributed by atoms with E-state index in [-0.39, 0.29) is 6.79 Å². The number of aromatic nitrogens is 4. The highest BCUT2D eigenvalue weighted by Crippen LogP contribution is 2.36. The van der Waals surface area contributed by atoms with Crippen molar-refractivity contribution in [3.05, 3.63) is 66.7 Å². The van der Waals surface area contributed by atoms with Gasteiger partial charge in [-0.25, -0.2) is 15.0 Å². The van der Waals surface area contributed by atoms with Gasteiger partial charge in [-0.2, -0.15) is 0 Å². The molecule has 2 aromatic heterocycles. The maximum absolute atomic E-state index is 5.43. The Bertz CT molecular complexity index is 1130. The fraction of sp³-hybridized carbons (Fsp3) is 0.190. The summed E-state index contributed by atoms with van der Waals surface area (Å²) < 4.78 is 16.1. The Labute approximate surface area is 172 Å². The molecule has 5 rings (SSSR count). The Morgan fingerprint density at radius 1 is 1.00 bits per heavy atom. The normalized spacial score (nSPS) is 12.4. The smallest absolute Gasteiger partial charge is 0.231 e. The van der Waals surface area contributed by atoms with E-state index in [0.29, 0.717) is 5.82 Å². The second-order valence-electron chi connectivity index (χ2n) is 6.64. The number of aryl methyl sites for hydroxylation is 2. The second kappa shape index (κ2) is 8.00. The first kappa shape index (κ1) is 17.8. The number of anilines is 1. The van der Waals surface area contributed by atoms with Crippen molar-refractivity contribution in [2.75, 3.05) is 11.5 Å². The number of hydrogen-bond donors (Lipinski definition) is 1. The lowest BCUT2D eigenvalue weighted by atomic mass is 10.1. The molecule has 1 aliphatic rings. The minimum atomic E-state index is 0.269. The van der Waals surface area contributed by atoms with Crippen molar-refractivity contribution in [1.82, 2.24) is 19.5 Å². The highest BCUT2D eigenvalue weighted by molar-refractivity contribution is 8.00. The van der Waals surface area contributed by atoms with Crippen LogP contribution in [-0.4, -0.2) is 26.3 Å². The van der Waals surface area contributed by atoms with E-state index in [1.54, 1.807) is 6.33 Å². The summed E-state index contributed by atoms with van der Waals surface area (Å²) in [5.41, 5.74) is 2.94. The Morgan fingerprint density at radius 2 is 1.90 bits per heavy atom. The summed E-state index contributed by atoms with van der Waals surface area (Å²) in [6, 6.07) is 16.3. The van der Waals surface area contributed by atoms with Gasteiger partial charge in [-0.05, 0) is 48.6 Å². The Kier molecular flexibility index (Phi) is 4.92. The lowest BCUT2D eigenvalue weighted by Gasteiger charge is -2.07. The first-order chi connectivity index (χ1) is 14.4. The molecule has 0 unspecified atom stereocenters. The maximum Gasteiger partial charge on any atom is 0.231 e. The van der Waals surface area contributed by atoms with Crippen molar-refractivity contribution in [3.8, 4) is 11.5 Å². The van der Waals surface area contributed by atoms with Gasteiger partial charge >= 0.3 is 0 Å². The number of rotatable bonds is 7. The molecule has 2 aromatic carbocycles. The van der Waals surface area contributed by atoms with Crippen LogP contribution in [0.25, 0.3) is 11.2 Å². The number of hydrogen-bond acceptors (Lipinski definition) is 7. The van der Waals surface area contributed by atoms with Crippen LogP contribution in [0.1, 0.15) is 12.0 Å². The quantitative estimate of drug-likeness (QED) is 0.459. The lowest BCUT2D eigenvalue weighted by Crippen LogP contribution is -2.00. The number of nitrogens with zero attached hydrogens (tertiary/aromatic N) is 4. The SMILES string of the molecule is c1ccc(CCCn2cnc3c(NSc4ccc5c(c4)OCO5)ncnc32)cc1. The molecule has 0 radical (unpaired) electrons. The van der Waals surface area contributed by atoms with Gasteiger partial charge < -0.3 is 18.8 Å². The Hall–Kier alpha value is -3.26. The molecule has 0 fully saturated rings. The molecule has 146 valence electrons. The van der Waals surface area contributed by atoms with Crippen molar-refractivity contribution >= 4 is 28.9 Å². The van der Waals surface area contributed by atoms with Crippen LogP contribution in [0.5, 0.6) is 11.5 Å². The standard InChI is InChI=1S/C21H19N5O2S/c1-2-5-15(6-3-1)7-4-10-26-13-24-19-20(22-12-23-21(19)26)25-29-16-8-9-17-18(11-16)28-14-27-17/h1-3,5-6,8-9,11-13H,4,7,10,14H2,(H,22,23,25). The van der Waals surface area contributed by atoms with Crippen LogP contribution in [0.15, 0.2) is 66.1 Å². The topological polar surface area (TPSA) is 74.1 Å². The molecule has 1 N–H and O–H groups in total. The van der Waals surface area contributed by atoms with E-state index in [0.717, 1.165) is 46.9 Å². The predicted octanol–water partition coefficient (Wildman–Crippen LogP) is 4.31. The molecular formula is C21H19N5O2S. The van der Waals surface area contributed by atoms with Crippen LogP contribution in [0.2, 0.25) is 0 Å². The third kappa shape index (κ3) is 3.84. The van der Waals surface area contributed by atoms with E-state index < -0.39 is 0 Å². The Balaban J connectivity index is 1.27. The molecule has 0 amide bonds. The average molecular weight is 405 g/mol. The van der Waals surface area contributed by atoms with Gasteiger partial charge in [0.2, 0.25) is 6.79 Å². The van der Waals surface area contributed by atoms with Gasteiger partial charge in [-0.15, -0.1) is 0 Å². The zero-order valence-electron chi connectivity index (χ0n) is 15.6. The average Bonchev–Trinajstić information content (AvgIpc) is 3.40. The van der Waals surface area contributed by atoms with E-state index >= 15 is 0 Å². The lowest BCUT2D eigenvalue weighted by molar-refractivity contribution is 0.174. The fourth-order valence-electron chi connectivity index (χ4n) is 3.26. The first-order valence-electron chi connectivity index (χ1n) is 9.39. The van der Waals surface area contributed by atoms with Gasteiger partial charge in [0.15, 0.2) is 28.5 Å². The van der Waals surface area contributed by atoms with E-state index in [9.17, 15) is 0 Å². The maximum atomic E-state index is 5.43. The molecule has 0 saturated heterocycles. The predicted molar refractivity (Wildman–Crippen MR) is 112 cm³/mol. The molecule has 0 aliphatic carbocycles. The molecule has 1 aliphatic heterocycles. The molecule has 0 bridgehead atoms. The van der Waals surface area contributed by atoms with Gasteiger partial charge in [0.05, 0.1) is 6.33 Å². The number of ether oxygens (including phenoxy) is 2. The van der Waals surface area contributed by atoms with E-state index in [1.165, 1.54) is 17.5 Å². The summed E-state index contributed by atoms with van der Waals surface area (Å²) in [4.78, 5) is 14.3. The summed E-state index contributed by atoms with van der Waals surface area (Å²) in [6.45, 7) is 1.13. The molecule has 0 atom stereocenters. The fourth-order valence-corrected chi connectivity index (χ4v) is 3.93. The van der Waals surface area contributed by atoms with Gasteiger partial charge in [-0.3, -0.25) is 0 Å². The summed E-state index contributed by atoms with van der Waals surface area (Å²) in [6.07, 6.45) is 5.45. The van der Waals surface area contributed by atoms with Crippen LogP contribution in [-0.2, 0) is 13.0 Å². The van der Waals surface area contributed by atoms with E-state index in [1.807, 2.05) is 30.6 Å². The minimum absolute atomic E-state index is 0.269. The van der Waals surface area contributed by atoms with Gasteiger partial charge in [0.1, 0.15) is 6.33 Å². The van der Waals surface area contributed by atoms with Gasteiger partial charge in [0, 0.05) is 11.4 Å². The van der Waals surface area contributed by atoms with Crippen molar-refractivity contribution < 1.29 is 9.47 Å². The summed E-state index contributed by atoms with van der Waals surface area (Å²) in [5, 5.41) is 0.